The van der Waals surface area contributed by atoms with Crippen LogP contribution in [-0.4, -0.2) is 41.5 Å². The first kappa shape index (κ1) is 15.2. The lowest BCUT2D eigenvalue weighted by Crippen LogP contribution is -2.50. The molecule has 6 nitrogen and oxygen atoms in total. The zero-order valence-corrected chi connectivity index (χ0v) is 12.4. The first-order chi connectivity index (χ1) is 10.1. The molecule has 1 heterocycles. The van der Waals surface area contributed by atoms with Gasteiger partial charge in [0.25, 0.3) is 5.91 Å². The summed E-state index contributed by atoms with van der Waals surface area (Å²) in [5, 5.41) is 12.0. The van der Waals surface area contributed by atoms with Gasteiger partial charge < -0.3 is 20.6 Å². The van der Waals surface area contributed by atoms with Gasteiger partial charge >= 0.3 is 0 Å². The standard InChI is InChI=1S/C15H21N3O3/c1-10-6-7-13(21-2)11(9-10)15(19)18-8-4-3-5-12(18)14(16)17-20/h6-7,9,12,20H,3-5,8H2,1-2H3,(H2,16,17). The van der Waals surface area contributed by atoms with Crippen LogP contribution >= 0.6 is 0 Å². The number of nitrogens with zero attached hydrogens (tertiary/aromatic N) is 2. The molecule has 2 rings (SSSR count). The Bertz CT molecular complexity index is 557. The molecule has 0 radical (unpaired) electrons. The van der Waals surface area contributed by atoms with E-state index in [9.17, 15) is 4.79 Å². The van der Waals surface area contributed by atoms with Crippen molar-refractivity contribution in [2.75, 3.05) is 13.7 Å². The Balaban J connectivity index is 2.35. The van der Waals surface area contributed by atoms with Gasteiger partial charge in [0.15, 0.2) is 5.84 Å². The maximum Gasteiger partial charge on any atom is 0.258 e. The molecule has 1 aromatic rings. The Morgan fingerprint density at radius 2 is 2.24 bits per heavy atom. The molecule has 0 saturated carbocycles. The number of amidine groups is 1. The van der Waals surface area contributed by atoms with Gasteiger partial charge in [-0.15, -0.1) is 0 Å². The highest BCUT2D eigenvalue weighted by Gasteiger charge is 2.31. The lowest BCUT2D eigenvalue weighted by molar-refractivity contribution is 0.0673. The topological polar surface area (TPSA) is 88.2 Å². The van der Waals surface area contributed by atoms with E-state index in [1.165, 1.54) is 0 Å². The number of piperidine rings is 1. The first-order valence-corrected chi connectivity index (χ1v) is 7.01. The second-order valence-electron chi connectivity index (χ2n) is 5.24. The molecule has 1 saturated heterocycles. The number of amides is 1. The van der Waals surface area contributed by atoms with Crippen LogP contribution in [0.4, 0.5) is 0 Å². The van der Waals surface area contributed by atoms with Crippen LogP contribution < -0.4 is 10.5 Å². The van der Waals surface area contributed by atoms with Gasteiger partial charge in [-0.3, -0.25) is 4.79 Å². The van der Waals surface area contributed by atoms with Gasteiger partial charge in [0.1, 0.15) is 5.75 Å². The van der Waals surface area contributed by atoms with Gasteiger partial charge in [0, 0.05) is 6.54 Å². The number of likely N-dealkylation sites (tertiary alicyclic amines) is 1. The fourth-order valence-corrected chi connectivity index (χ4v) is 2.69. The predicted octanol–water partition coefficient (Wildman–Crippen LogP) is 1.74. The largest absolute Gasteiger partial charge is 0.496 e. The minimum atomic E-state index is -0.360. The Labute approximate surface area is 124 Å². The summed E-state index contributed by atoms with van der Waals surface area (Å²) in [7, 11) is 1.54. The predicted molar refractivity (Wildman–Crippen MR) is 79.8 cm³/mol. The molecular formula is C15H21N3O3. The van der Waals surface area contributed by atoms with E-state index in [0.29, 0.717) is 24.3 Å². The van der Waals surface area contributed by atoms with Crippen LogP contribution in [0.5, 0.6) is 5.75 Å². The molecular weight excluding hydrogens is 270 g/mol. The molecule has 6 heteroatoms. The van der Waals surface area contributed by atoms with Gasteiger partial charge in [-0.25, -0.2) is 0 Å². The fourth-order valence-electron chi connectivity index (χ4n) is 2.69. The van der Waals surface area contributed by atoms with Crippen molar-refractivity contribution in [2.24, 2.45) is 10.9 Å². The summed E-state index contributed by atoms with van der Waals surface area (Å²) in [6, 6.07) is 5.12. The van der Waals surface area contributed by atoms with Crippen LogP contribution in [0, 0.1) is 6.92 Å². The maximum absolute atomic E-state index is 12.8. The second-order valence-corrected chi connectivity index (χ2v) is 5.24. The highest BCUT2D eigenvalue weighted by atomic mass is 16.5. The van der Waals surface area contributed by atoms with Crippen LogP contribution in [0.3, 0.4) is 0 Å². The molecule has 21 heavy (non-hydrogen) atoms. The number of carbonyl (C=O) groups excluding carboxylic acids is 1. The minimum Gasteiger partial charge on any atom is -0.496 e. The molecule has 0 bridgehead atoms. The molecule has 3 N–H and O–H groups in total. The number of hydrogen-bond donors (Lipinski definition) is 2. The van der Waals surface area contributed by atoms with E-state index < -0.39 is 0 Å². The number of aryl methyl sites for hydroxylation is 1. The smallest absolute Gasteiger partial charge is 0.258 e. The number of nitrogens with two attached hydrogens (primary N) is 1. The average Bonchev–Trinajstić information content (AvgIpc) is 2.53. The summed E-state index contributed by atoms with van der Waals surface area (Å²) < 4.78 is 5.28. The van der Waals surface area contributed by atoms with Crippen molar-refractivity contribution in [1.82, 2.24) is 4.90 Å². The van der Waals surface area contributed by atoms with Gasteiger partial charge in [-0.1, -0.05) is 16.8 Å². The van der Waals surface area contributed by atoms with E-state index in [1.54, 1.807) is 24.1 Å². The molecule has 1 aliphatic rings. The summed E-state index contributed by atoms with van der Waals surface area (Å²) in [5.41, 5.74) is 7.22. The monoisotopic (exact) mass is 291 g/mol. The average molecular weight is 291 g/mol. The number of carbonyl (C=O) groups is 1. The molecule has 1 aliphatic heterocycles. The van der Waals surface area contributed by atoms with Gasteiger partial charge in [0.05, 0.1) is 18.7 Å². The molecule has 1 fully saturated rings. The van der Waals surface area contributed by atoms with Gasteiger partial charge in [-0.2, -0.15) is 0 Å². The van der Waals surface area contributed by atoms with Crippen LogP contribution in [0.25, 0.3) is 0 Å². The summed E-state index contributed by atoms with van der Waals surface area (Å²) in [6.07, 6.45) is 2.57. The molecule has 0 spiro atoms. The molecule has 0 aliphatic carbocycles. The number of oxime groups is 1. The van der Waals surface area contributed by atoms with Gasteiger partial charge in [-0.05, 0) is 38.3 Å². The van der Waals surface area contributed by atoms with E-state index in [-0.39, 0.29) is 17.8 Å². The lowest BCUT2D eigenvalue weighted by Gasteiger charge is -2.35. The number of ether oxygens (including phenoxy) is 1. The Morgan fingerprint density at radius 3 is 2.90 bits per heavy atom. The Kier molecular flexibility index (Phi) is 4.67. The quantitative estimate of drug-likeness (QED) is 0.384. The summed E-state index contributed by atoms with van der Waals surface area (Å²) in [6.45, 7) is 2.52. The Morgan fingerprint density at radius 1 is 1.48 bits per heavy atom. The maximum atomic E-state index is 12.8. The van der Waals surface area contributed by atoms with Crippen LogP contribution in [-0.2, 0) is 0 Å². The van der Waals surface area contributed by atoms with Gasteiger partial charge in [0.2, 0.25) is 0 Å². The normalized spacial score (nSPS) is 19.4. The Hall–Kier alpha value is -2.24. The zero-order valence-electron chi connectivity index (χ0n) is 12.4. The third-order valence-corrected chi connectivity index (χ3v) is 3.81. The number of methoxy groups -OCH3 is 1. The summed E-state index contributed by atoms with van der Waals surface area (Å²) in [4.78, 5) is 14.5. The minimum absolute atomic E-state index is 0.0784. The van der Waals surface area contributed by atoms with E-state index in [0.717, 1.165) is 18.4 Å². The van der Waals surface area contributed by atoms with E-state index in [4.69, 9.17) is 15.7 Å². The second kappa shape index (κ2) is 6.47. The van der Waals surface area contributed by atoms with E-state index in [2.05, 4.69) is 5.16 Å². The van der Waals surface area contributed by atoms with E-state index in [1.807, 2.05) is 13.0 Å². The zero-order chi connectivity index (χ0) is 15.4. The molecule has 1 atom stereocenters. The van der Waals surface area contributed by atoms with Crippen LogP contribution in [0.15, 0.2) is 23.4 Å². The van der Waals surface area contributed by atoms with Crippen molar-refractivity contribution in [3.63, 3.8) is 0 Å². The van der Waals surface area contributed by atoms with Crippen molar-refractivity contribution >= 4 is 11.7 Å². The SMILES string of the molecule is COc1ccc(C)cc1C(=O)N1CCCCC1C(N)=NO. The molecule has 1 unspecified atom stereocenters. The van der Waals surface area contributed by atoms with Crippen molar-refractivity contribution in [3.05, 3.63) is 29.3 Å². The number of benzene rings is 1. The number of rotatable bonds is 3. The fraction of sp³-hybridized carbons (Fsp3) is 0.467. The summed E-state index contributed by atoms with van der Waals surface area (Å²) in [5.74, 6) is 0.468. The third kappa shape index (κ3) is 3.09. The van der Waals surface area contributed by atoms with Crippen molar-refractivity contribution in [3.8, 4) is 5.75 Å². The first-order valence-electron chi connectivity index (χ1n) is 7.01. The highest BCUT2D eigenvalue weighted by molar-refractivity contribution is 6.00. The van der Waals surface area contributed by atoms with Crippen LogP contribution in [0.1, 0.15) is 35.2 Å². The molecule has 1 aromatic carbocycles. The van der Waals surface area contributed by atoms with Crippen molar-refractivity contribution in [1.29, 1.82) is 0 Å². The van der Waals surface area contributed by atoms with E-state index >= 15 is 0 Å². The lowest BCUT2D eigenvalue weighted by atomic mass is 9.99. The summed E-state index contributed by atoms with van der Waals surface area (Å²) >= 11 is 0. The third-order valence-electron chi connectivity index (χ3n) is 3.81. The molecule has 0 aromatic heterocycles. The van der Waals surface area contributed by atoms with Crippen LogP contribution in [0.2, 0.25) is 0 Å². The number of hydrogen-bond acceptors (Lipinski definition) is 4. The van der Waals surface area contributed by atoms with Crippen molar-refractivity contribution < 1.29 is 14.7 Å². The molecule has 1 amide bonds. The molecule has 114 valence electrons. The highest BCUT2D eigenvalue weighted by Crippen LogP contribution is 2.25. The van der Waals surface area contributed by atoms with Crippen molar-refractivity contribution in [2.45, 2.75) is 32.2 Å².